The zero-order valence-electron chi connectivity index (χ0n) is 16.4. The van der Waals surface area contributed by atoms with Gasteiger partial charge < -0.3 is 5.32 Å². The lowest BCUT2D eigenvalue weighted by atomic mass is 10.2. The standard InChI is InChI=1S/C20H20BrClN4O2S2/c1-12-5-6-14(10-15(12)22)26-19(4-3-9-23-13(2)27)24-25-20(26)29-11-16(28)17-7-8-18(21)30-17/h5-8,10H,3-4,9,11H2,1-2H3,(H,23,27). The van der Waals surface area contributed by atoms with Crippen molar-refractivity contribution in [1.29, 1.82) is 0 Å². The van der Waals surface area contributed by atoms with Gasteiger partial charge in [0.15, 0.2) is 10.9 Å². The molecule has 0 fully saturated rings. The Bertz CT molecular complexity index is 1070. The molecule has 0 saturated carbocycles. The maximum absolute atomic E-state index is 12.5. The summed E-state index contributed by atoms with van der Waals surface area (Å²) in [5, 5.41) is 12.7. The lowest BCUT2D eigenvalue weighted by Crippen LogP contribution is -2.21. The summed E-state index contributed by atoms with van der Waals surface area (Å²) in [6, 6.07) is 9.47. The second kappa shape index (κ2) is 10.6. The second-order valence-electron chi connectivity index (χ2n) is 6.57. The minimum absolute atomic E-state index is 0.0411. The van der Waals surface area contributed by atoms with Crippen LogP contribution in [0.5, 0.6) is 0 Å². The Kier molecular flexibility index (Phi) is 8.10. The summed E-state index contributed by atoms with van der Waals surface area (Å²) in [4.78, 5) is 24.3. The van der Waals surface area contributed by atoms with Crippen LogP contribution < -0.4 is 5.32 Å². The number of amides is 1. The summed E-state index contributed by atoms with van der Waals surface area (Å²) < 4.78 is 2.86. The van der Waals surface area contributed by atoms with Crippen LogP contribution in [0.25, 0.3) is 5.69 Å². The first kappa shape index (κ1) is 23.0. The zero-order chi connectivity index (χ0) is 21.7. The predicted octanol–water partition coefficient (Wildman–Crippen LogP) is 5.10. The fourth-order valence-corrected chi connectivity index (χ4v) is 5.16. The third-order valence-electron chi connectivity index (χ3n) is 4.25. The number of carbonyl (C=O) groups excluding carboxylic acids is 2. The van der Waals surface area contributed by atoms with Crippen LogP contribution in [0, 0.1) is 6.92 Å². The molecule has 30 heavy (non-hydrogen) atoms. The van der Waals surface area contributed by atoms with Crippen molar-refractivity contribution in [3.8, 4) is 5.69 Å². The van der Waals surface area contributed by atoms with Gasteiger partial charge >= 0.3 is 0 Å². The van der Waals surface area contributed by atoms with Gasteiger partial charge in [0.1, 0.15) is 5.82 Å². The van der Waals surface area contributed by atoms with Gasteiger partial charge in [-0.15, -0.1) is 21.5 Å². The molecule has 1 amide bonds. The number of nitrogens with zero attached hydrogens (tertiary/aromatic N) is 3. The van der Waals surface area contributed by atoms with Gasteiger partial charge in [-0.3, -0.25) is 14.2 Å². The van der Waals surface area contributed by atoms with Crippen LogP contribution in [-0.4, -0.2) is 38.8 Å². The highest BCUT2D eigenvalue weighted by atomic mass is 79.9. The number of hydrogen-bond acceptors (Lipinski definition) is 6. The van der Waals surface area contributed by atoms with E-state index in [9.17, 15) is 9.59 Å². The van der Waals surface area contributed by atoms with E-state index < -0.39 is 0 Å². The summed E-state index contributed by atoms with van der Waals surface area (Å²) in [5.74, 6) is 1.00. The first-order valence-electron chi connectivity index (χ1n) is 9.21. The van der Waals surface area contributed by atoms with Crippen LogP contribution in [0.3, 0.4) is 0 Å². The number of thioether (sulfide) groups is 1. The van der Waals surface area contributed by atoms with E-state index in [0.29, 0.717) is 28.0 Å². The van der Waals surface area contributed by atoms with Crippen molar-refractivity contribution in [2.45, 2.75) is 31.8 Å². The Morgan fingerprint density at radius 3 is 2.73 bits per heavy atom. The summed E-state index contributed by atoms with van der Waals surface area (Å²) >= 11 is 12.5. The Morgan fingerprint density at radius 2 is 2.07 bits per heavy atom. The lowest BCUT2D eigenvalue weighted by Gasteiger charge is -2.11. The van der Waals surface area contributed by atoms with E-state index in [2.05, 4.69) is 31.4 Å². The molecule has 158 valence electrons. The van der Waals surface area contributed by atoms with E-state index >= 15 is 0 Å². The number of Topliss-reactive ketones (excluding diaryl/α,β-unsaturated/α-hetero) is 1. The first-order chi connectivity index (χ1) is 14.3. The third kappa shape index (κ3) is 5.94. The highest BCUT2D eigenvalue weighted by molar-refractivity contribution is 9.11. The molecule has 0 spiro atoms. The number of carbonyl (C=O) groups is 2. The molecule has 0 atom stereocenters. The van der Waals surface area contributed by atoms with Crippen molar-refractivity contribution in [2.24, 2.45) is 0 Å². The SMILES string of the molecule is CC(=O)NCCCc1nnc(SCC(=O)c2ccc(Br)s2)n1-c1ccc(C)c(Cl)c1. The molecule has 0 aliphatic carbocycles. The van der Waals surface area contributed by atoms with Crippen LogP contribution in [0.1, 0.15) is 34.4 Å². The van der Waals surface area contributed by atoms with Gasteiger partial charge in [0.05, 0.1) is 20.1 Å². The van der Waals surface area contributed by atoms with E-state index in [0.717, 1.165) is 27.3 Å². The number of thiophene rings is 1. The van der Waals surface area contributed by atoms with Gasteiger partial charge in [-0.2, -0.15) is 0 Å². The second-order valence-corrected chi connectivity index (χ2v) is 10.4. The van der Waals surface area contributed by atoms with E-state index in [1.54, 1.807) is 0 Å². The summed E-state index contributed by atoms with van der Waals surface area (Å²) in [7, 11) is 0. The molecule has 2 heterocycles. The van der Waals surface area contributed by atoms with Gasteiger partial charge in [-0.05, 0) is 59.1 Å². The fraction of sp³-hybridized carbons (Fsp3) is 0.300. The summed E-state index contributed by atoms with van der Waals surface area (Å²) in [5.41, 5.74) is 1.83. The van der Waals surface area contributed by atoms with Crippen LogP contribution >= 0.6 is 50.6 Å². The monoisotopic (exact) mass is 526 g/mol. The molecule has 0 bridgehead atoms. The van der Waals surface area contributed by atoms with Crippen molar-refractivity contribution < 1.29 is 9.59 Å². The lowest BCUT2D eigenvalue weighted by molar-refractivity contribution is -0.118. The molecule has 1 N–H and O–H groups in total. The fourth-order valence-electron chi connectivity index (χ4n) is 2.71. The molecule has 0 unspecified atom stereocenters. The molecule has 3 aromatic rings. The van der Waals surface area contributed by atoms with Crippen molar-refractivity contribution in [3.63, 3.8) is 0 Å². The maximum Gasteiger partial charge on any atom is 0.216 e. The number of rotatable bonds is 9. The smallest absolute Gasteiger partial charge is 0.216 e. The molecule has 10 heteroatoms. The van der Waals surface area contributed by atoms with Gasteiger partial charge in [0.2, 0.25) is 5.91 Å². The molecule has 0 saturated heterocycles. The zero-order valence-corrected chi connectivity index (χ0v) is 20.4. The van der Waals surface area contributed by atoms with E-state index in [4.69, 9.17) is 11.6 Å². The molecule has 1 aromatic carbocycles. The molecule has 0 aliphatic rings. The number of benzene rings is 1. The number of hydrogen-bond donors (Lipinski definition) is 1. The van der Waals surface area contributed by atoms with Crippen LogP contribution in [0.4, 0.5) is 0 Å². The molecule has 6 nitrogen and oxygen atoms in total. The van der Waals surface area contributed by atoms with Gasteiger partial charge in [0, 0.05) is 24.9 Å². The largest absolute Gasteiger partial charge is 0.356 e. The number of halogens is 2. The molecular formula is C20H20BrClN4O2S2. The summed E-state index contributed by atoms with van der Waals surface area (Å²) in [6.45, 7) is 4.00. The summed E-state index contributed by atoms with van der Waals surface area (Å²) in [6.07, 6.45) is 1.36. The maximum atomic E-state index is 12.5. The molecule has 3 rings (SSSR count). The Morgan fingerprint density at radius 1 is 1.27 bits per heavy atom. The van der Waals surface area contributed by atoms with E-state index in [1.807, 2.05) is 41.8 Å². The quantitative estimate of drug-likeness (QED) is 0.238. The van der Waals surface area contributed by atoms with Crippen molar-refractivity contribution in [2.75, 3.05) is 12.3 Å². The van der Waals surface area contributed by atoms with Gasteiger partial charge in [0.25, 0.3) is 0 Å². The minimum atomic E-state index is -0.0586. The van der Waals surface area contributed by atoms with Crippen molar-refractivity contribution >= 4 is 62.3 Å². The number of aryl methyl sites for hydroxylation is 2. The highest BCUT2D eigenvalue weighted by Gasteiger charge is 2.17. The molecule has 2 aromatic heterocycles. The van der Waals surface area contributed by atoms with E-state index in [1.165, 1.54) is 30.0 Å². The topological polar surface area (TPSA) is 76.9 Å². The average Bonchev–Trinajstić information content (AvgIpc) is 3.31. The van der Waals surface area contributed by atoms with Crippen LogP contribution in [0.15, 0.2) is 39.3 Å². The number of ketones is 1. The predicted molar refractivity (Wildman–Crippen MR) is 125 cm³/mol. The Balaban J connectivity index is 1.81. The molecule has 0 radical (unpaired) electrons. The number of nitrogens with one attached hydrogen (secondary N) is 1. The Hall–Kier alpha value is -1.68. The van der Waals surface area contributed by atoms with Crippen molar-refractivity contribution in [1.82, 2.24) is 20.1 Å². The first-order valence-corrected chi connectivity index (χ1v) is 12.2. The highest BCUT2D eigenvalue weighted by Crippen LogP contribution is 2.28. The normalized spacial score (nSPS) is 10.9. The van der Waals surface area contributed by atoms with Crippen molar-refractivity contribution in [3.05, 3.63) is 55.4 Å². The van der Waals surface area contributed by atoms with Crippen LogP contribution in [0.2, 0.25) is 5.02 Å². The number of aromatic nitrogens is 3. The van der Waals surface area contributed by atoms with Gasteiger partial charge in [-0.25, -0.2) is 0 Å². The van der Waals surface area contributed by atoms with E-state index in [-0.39, 0.29) is 17.4 Å². The average molecular weight is 528 g/mol. The van der Waals surface area contributed by atoms with Crippen LogP contribution in [-0.2, 0) is 11.2 Å². The Labute approximate surface area is 196 Å². The minimum Gasteiger partial charge on any atom is -0.356 e. The van der Waals surface area contributed by atoms with Gasteiger partial charge in [-0.1, -0.05) is 29.4 Å². The molecular weight excluding hydrogens is 508 g/mol. The third-order valence-corrected chi connectivity index (χ3v) is 7.25. The molecule has 0 aliphatic heterocycles.